The average molecular weight is 419 g/mol. The zero-order valence-electron chi connectivity index (χ0n) is 19.1. The number of rotatable bonds is 7. The number of methoxy groups -OCH3 is 1. The lowest BCUT2D eigenvalue weighted by molar-refractivity contribution is 0.104. The van der Waals surface area contributed by atoms with E-state index in [0.29, 0.717) is 12.2 Å². The van der Waals surface area contributed by atoms with Gasteiger partial charge in [0.05, 0.1) is 18.4 Å². The highest BCUT2D eigenvalue weighted by molar-refractivity contribution is 6.07. The largest absolute Gasteiger partial charge is 0.496 e. The molecule has 5 heteroatoms. The van der Waals surface area contributed by atoms with Gasteiger partial charge in [-0.3, -0.25) is 9.48 Å². The maximum Gasteiger partial charge on any atom is 0.189 e. The van der Waals surface area contributed by atoms with Crippen LogP contribution in [0.15, 0.2) is 54.7 Å². The first-order valence-electron chi connectivity index (χ1n) is 10.3. The van der Waals surface area contributed by atoms with Gasteiger partial charge in [0, 0.05) is 18.8 Å². The summed E-state index contributed by atoms with van der Waals surface area (Å²) in [6.45, 7) is 8.76. The summed E-state index contributed by atoms with van der Waals surface area (Å²) >= 11 is 0. The van der Waals surface area contributed by atoms with Gasteiger partial charge in [-0.25, -0.2) is 0 Å². The van der Waals surface area contributed by atoms with Crippen LogP contribution < -0.4 is 9.47 Å². The van der Waals surface area contributed by atoms with Crippen molar-refractivity contribution < 1.29 is 14.3 Å². The lowest BCUT2D eigenvalue weighted by Gasteiger charge is -2.19. The molecule has 2 aromatic carbocycles. The van der Waals surface area contributed by atoms with Crippen LogP contribution in [0, 0.1) is 6.92 Å². The van der Waals surface area contributed by atoms with E-state index in [0.717, 1.165) is 28.3 Å². The molecule has 0 spiro atoms. The van der Waals surface area contributed by atoms with E-state index < -0.39 is 0 Å². The van der Waals surface area contributed by atoms with Crippen molar-refractivity contribution in [1.82, 2.24) is 9.78 Å². The second-order valence-corrected chi connectivity index (χ2v) is 8.63. The summed E-state index contributed by atoms with van der Waals surface area (Å²) in [5.41, 5.74) is 4.51. The van der Waals surface area contributed by atoms with Gasteiger partial charge < -0.3 is 9.47 Å². The van der Waals surface area contributed by atoms with E-state index in [1.807, 2.05) is 37.3 Å². The Morgan fingerprint density at radius 2 is 1.84 bits per heavy atom. The third kappa shape index (κ3) is 5.63. The monoisotopic (exact) mass is 418 g/mol. The second-order valence-electron chi connectivity index (χ2n) is 8.63. The molecule has 0 aliphatic heterocycles. The summed E-state index contributed by atoms with van der Waals surface area (Å²) in [4.78, 5) is 12.5. The number of aryl methyl sites for hydroxylation is 2. The molecule has 0 atom stereocenters. The van der Waals surface area contributed by atoms with E-state index in [9.17, 15) is 4.79 Å². The van der Waals surface area contributed by atoms with Gasteiger partial charge >= 0.3 is 0 Å². The number of allylic oxidation sites excluding steroid dienone is 1. The molecule has 162 valence electrons. The number of hydrogen-bond donors (Lipinski definition) is 0. The molecule has 0 saturated heterocycles. The van der Waals surface area contributed by atoms with Crippen molar-refractivity contribution in [1.29, 1.82) is 0 Å². The molecule has 0 radical (unpaired) electrons. The number of carbonyl (C=O) groups excluding carboxylic acids is 1. The van der Waals surface area contributed by atoms with Crippen molar-refractivity contribution in [2.45, 2.75) is 39.7 Å². The first-order chi connectivity index (χ1) is 14.7. The second kappa shape index (κ2) is 9.21. The minimum Gasteiger partial charge on any atom is -0.496 e. The Morgan fingerprint density at radius 3 is 2.42 bits per heavy atom. The van der Waals surface area contributed by atoms with Crippen LogP contribution in [0.1, 0.15) is 53.5 Å². The Morgan fingerprint density at radius 1 is 1.13 bits per heavy atom. The number of carbonyl (C=O) groups is 1. The summed E-state index contributed by atoms with van der Waals surface area (Å²) < 4.78 is 13.1. The van der Waals surface area contributed by atoms with Gasteiger partial charge in [0.1, 0.15) is 18.1 Å². The maximum absolute atomic E-state index is 12.5. The van der Waals surface area contributed by atoms with Crippen LogP contribution in [0.5, 0.6) is 11.5 Å². The molecule has 0 bridgehead atoms. The molecule has 0 fully saturated rings. The fraction of sp³-hybridized carbons (Fsp3) is 0.308. The first kappa shape index (κ1) is 22.3. The van der Waals surface area contributed by atoms with Gasteiger partial charge in [-0.2, -0.15) is 5.10 Å². The Bertz CT molecular complexity index is 1090. The van der Waals surface area contributed by atoms with Gasteiger partial charge in [0.25, 0.3) is 0 Å². The molecule has 3 aromatic rings. The number of nitrogens with zero attached hydrogens (tertiary/aromatic N) is 2. The van der Waals surface area contributed by atoms with Crippen molar-refractivity contribution in [3.8, 4) is 11.5 Å². The fourth-order valence-electron chi connectivity index (χ4n) is 3.33. The van der Waals surface area contributed by atoms with Crippen LogP contribution >= 0.6 is 0 Å². The number of benzene rings is 2. The lowest BCUT2D eigenvalue weighted by Crippen LogP contribution is -2.10. The van der Waals surface area contributed by atoms with Crippen molar-refractivity contribution in [2.75, 3.05) is 7.11 Å². The molecular weight excluding hydrogens is 388 g/mol. The molecule has 5 nitrogen and oxygen atoms in total. The predicted octanol–water partition coefficient (Wildman–Crippen LogP) is 5.51. The number of aromatic nitrogens is 2. The van der Waals surface area contributed by atoms with Crippen molar-refractivity contribution >= 4 is 11.9 Å². The topological polar surface area (TPSA) is 53.4 Å². The molecule has 3 rings (SSSR count). The van der Waals surface area contributed by atoms with Gasteiger partial charge in [-0.15, -0.1) is 0 Å². The molecule has 1 aromatic heterocycles. The van der Waals surface area contributed by atoms with E-state index in [1.54, 1.807) is 37.2 Å². The van der Waals surface area contributed by atoms with E-state index in [4.69, 9.17) is 9.47 Å². The molecule has 1 heterocycles. The van der Waals surface area contributed by atoms with Crippen molar-refractivity contribution in [3.05, 3.63) is 82.7 Å². The molecule has 0 aliphatic rings. The van der Waals surface area contributed by atoms with Crippen LogP contribution in [0.25, 0.3) is 6.08 Å². The van der Waals surface area contributed by atoms with E-state index >= 15 is 0 Å². The molecule has 0 amide bonds. The van der Waals surface area contributed by atoms with Crippen molar-refractivity contribution in [3.63, 3.8) is 0 Å². The fourth-order valence-corrected chi connectivity index (χ4v) is 3.33. The standard InChI is InChI=1S/C26H30N2O3/c1-18-23(16-28(5)27-18)24(29)13-7-19-8-14-25(30-6)20(15-19)17-31-22-11-9-21(10-12-22)26(2,3)4/h7-16H,17H2,1-6H3/b13-7+. The smallest absolute Gasteiger partial charge is 0.189 e. The third-order valence-electron chi connectivity index (χ3n) is 5.13. The zero-order valence-corrected chi connectivity index (χ0v) is 19.1. The normalized spacial score (nSPS) is 11.7. The van der Waals surface area contributed by atoms with Gasteiger partial charge in [-0.05, 0) is 53.8 Å². The summed E-state index contributed by atoms with van der Waals surface area (Å²) in [5.74, 6) is 1.48. The summed E-state index contributed by atoms with van der Waals surface area (Å²) in [5, 5.41) is 4.22. The molecule has 31 heavy (non-hydrogen) atoms. The zero-order chi connectivity index (χ0) is 22.6. The predicted molar refractivity (Wildman–Crippen MR) is 124 cm³/mol. The van der Waals surface area contributed by atoms with E-state index in [-0.39, 0.29) is 11.2 Å². The van der Waals surface area contributed by atoms with Gasteiger partial charge in [0.15, 0.2) is 5.78 Å². The highest BCUT2D eigenvalue weighted by Gasteiger charge is 2.13. The minimum atomic E-state index is -0.0712. The Balaban J connectivity index is 1.73. The van der Waals surface area contributed by atoms with Crippen LogP contribution in [-0.4, -0.2) is 22.7 Å². The number of hydrogen-bond acceptors (Lipinski definition) is 4. The Labute approximate surface area is 184 Å². The van der Waals surface area contributed by atoms with Gasteiger partial charge in [0.2, 0.25) is 0 Å². The van der Waals surface area contributed by atoms with Gasteiger partial charge in [-0.1, -0.05) is 45.0 Å². The minimum absolute atomic E-state index is 0.0712. The molecular formula is C26H30N2O3. The first-order valence-corrected chi connectivity index (χ1v) is 10.3. The van der Waals surface area contributed by atoms with Crippen LogP contribution in [-0.2, 0) is 19.1 Å². The van der Waals surface area contributed by atoms with Crippen LogP contribution in [0.4, 0.5) is 0 Å². The third-order valence-corrected chi connectivity index (χ3v) is 5.13. The van der Waals surface area contributed by atoms with Crippen molar-refractivity contribution in [2.24, 2.45) is 7.05 Å². The molecule has 0 saturated carbocycles. The molecule has 0 N–H and O–H groups in total. The quantitative estimate of drug-likeness (QED) is 0.375. The van der Waals surface area contributed by atoms with E-state index in [1.165, 1.54) is 5.56 Å². The SMILES string of the molecule is COc1ccc(/C=C/C(=O)c2cn(C)nc2C)cc1COc1ccc(C(C)(C)C)cc1. The van der Waals surface area contributed by atoms with E-state index in [2.05, 4.69) is 38.0 Å². The molecule has 0 unspecified atom stereocenters. The Kier molecular flexibility index (Phi) is 6.64. The van der Waals surface area contributed by atoms with Crippen LogP contribution in [0.2, 0.25) is 0 Å². The van der Waals surface area contributed by atoms with Crippen LogP contribution in [0.3, 0.4) is 0 Å². The number of ether oxygens (including phenoxy) is 2. The highest BCUT2D eigenvalue weighted by Crippen LogP contribution is 2.26. The average Bonchev–Trinajstić information content (AvgIpc) is 3.08. The lowest BCUT2D eigenvalue weighted by atomic mass is 9.87. The Hall–Kier alpha value is -3.34. The summed E-state index contributed by atoms with van der Waals surface area (Å²) in [6.07, 6.45) is 5.11. The maximum atomic E-state index is 12.5. The highest BCUT2D eigenvalue weighted by atomic mass is 16.5. The summed E-state index contributed by atoms with van der Waals surface area (Å²) in [7, 11) is 3.45. The molecule has 0 aliphatic carbocycles. The number of ketones is 1. The summed E-state index contributed by atoms with van der Waals surface area (Å²) in [6, 6.07) is 14.0.